The second kappa shape index (κ2) is 10.4. The Morgan fingerprint density at radius 3 is 2.46 bits per heavy atom. The number of aliphatic hydroxyl groups is 1. The fourth-order valence-corrected chi connectivity index (χ4v) is 5.64. The molecule has 0 aliphatic carbocycles. The fraction of sp³-hybridized carbons (Fsp3) is 0.519. The van der Waals surface area contributed by atoms with E-state index in [4.69, 9.17) is 16.3 Å². The van der Waals surface area contributed by atoms with Crippen molar-refractivity contribution >= 4 is 17.6 Å². The Bertz CT molecular complexity index is 1160. The number of aliphatic hydroxyl groups excluding tert-OH is 1. The number of rotatable bonds is 6. The molecule has 2 aliphatic heterocycles. The lowest BCUT2D eigenvalue weighted by atomic mass is 9.81. The van der Waals surface area contributed by atoms with Crippen LogP contribution in [0.25, 0.3) is 0 Å². The van der Waals surface area contributed by atoms with Crippen molar-refractivity contribution in [2.45, 2.75) is 69.9 Å². The van der Waals surface area contributed by atoms with E-state index in [0.29, 0.717) is 49.7 Å². The Morgan fingerprint density at radius 2 is 1.86 bits per heavy atom. The molecule has 10 heteroatoms. The number of fused-ring (bicyclic) bond motifs is 1. The number of benzene rings is 2. The van der Waals surface area contributed by atoms with Crippen LogP contribution in [0.5, 0.6) is 5.75 Å². The van der Waals surface area contributed by atoms with Crippen LogP contribution in [0.15, 0.2) is 30.3 Å². The van der Waals surface area contributed by atoms with Gasteiger partial charge in [-0.05, 0) is 68.4 Å². The number of likely N-dealkylation sites (tertiary alicyclic amines) is 1. The first-order valence-corrected chi connectivity index (χ1v) is 12.8. The van der Waals surface area contributed by atoms with Gasteiger partial charge in [0, 0.05) is 24.7 Å². The van der Waals surface area contributed by atoms with Crippen molar-refractivity contribution in [3.05, 3.63) is 63.4 Å². The van der Waals surface area contributed by atoms with Gasteiger partial charge in [-0.1, -0.05) is 30.7 Å². The molecule has 37 heavy (non-hydrogen) atoms. The van der Waals surface area contributed by atoms with Gasteiger partial charge in [-0.25, -0.2) is 4.39 Å². The maximum atomic E-state index is 14.9. The molecule has 202 valence electrons. The number of alkyl halides is 3. The van der Waals surface area contributed by atoms with Crippen molar-refractivity contribution in [2.24, 2.45) is 5.92 Å². The van der Waals surface area contributed by atoms with Gasteiger partial charge >= 0.3 is 12.1 Å². The average Bonchev–Trinajstić information content (AvgIpc) is 2.86. The molecule has 0 saturated carbocycles. The summed E-state index contributed by atoms with van der Waals surface area (Å²) in [7, 11) is 0. The number of piperidine rings is 1. The molecule has 0 aromatic heterocycles. The number of halogens is 5. The van der Waals surface area contributed by atoms with E-state index in [1.807, 2.05) is 11.0 Å². The minimum atomic E-state index is -4.63. The summed E-state index contributed by atoms with van der Waals surface area (Å²) in [5.41, 5.74) is -0.0823. The SMILES string of the molecule is CCC(c1cc(C(F)(F)F)cc(Cl)c1F)N1CCC2(CCc3ccc([C@H](O)[C@H](C)C(=O)O)cc3O2)CC1. The van der Waals surface area contributed by atoms with E-state index >= 15 is 0 Å². The summed E-state index contributed by atoms with van der Waals surface area (Å²) in [6.45, 7) is 4.25. The standard InChI is InChI=1S/C27H30ClF4NO4/c1-3-21(19-13-18(27(30,31)32)14-20(28)23(19)29)33-10-8-26(9-11-33)7-6-16-4-5-17(12-22(16)37-26)24(34)15(2)25(35)36/h4-5,12-15,21,24,34H,3,6-11H2,1-2H3,(H,35,36)/t15-,21?,24+/m0/s1. The molecule has 0 bridgehead atoms. The first kappa shape index (κ1) is 27.7. The van der Waals surface area contributed by atoms with Crippen molar-refractivity contribution in [3.8, 4) is 5.75 Å². The molecule has 2 aromatic carbocycles. The van der Waals surface area contributed by atoms with Crippen LogP contribution in [-0.2, 0) is 17.4 Å². The van der Waals surface area contributed by atoms with E-state index in [2.05, 4.69) is 0 Å². The molecule has 3 atom stereocenters. The van der Waals surface area contributed by atoms with E-state index in [1.54, 1.807) is 19.1 Å². The number of nitrogens with zero attached hydrogens (tertiary/aromatic N) is 1. The van der Waals surface area contributed by atoms with Gasteiger partial charge in [0.2, 0.25) is 0 Å². The molecule has 1 fully saturated rings. The number of aryl methyl sites for hydroxylation is 1. The topological polar surface area (TPSA) is 70.0 Å². The van der Waals surface area contributed by atoms with Crippen LogP contribution < -0.4 is 4.74 Å². The predicted octanol–water partition coefficient (Wildman–Crippen LogP) is 6.56. The highest BCUT2D eigenvalue weighted by Crippen LogP contribution is 2.43. The lowest BCUT2D eigenvalue weighted by molar-refractivity contribution is -0.145. The summed E-state index contributed by atoms with van der Waals surface area (Å²) in [6, 6.07) is 6.17. The molecule has 4 rings (SSSR count). The van der Waals surface area contributed by atoms with Crippen molar-refractivity contribution in [1.82, 2.24) is 4.90 Å². The summed E-state index contributed by atoms with van der Waals surface area (Å²) in [4.78, 5) is 13.3. The van der Waals surface area contributed by atoms with E-state index < -0.39 is 52.2 Å². The maximum Gasteiger partial charge on any atom is 0.416 e. The van der Waals surface area contributed by atoms with Crippen LogP contribution in [0.4, 0.5) is 17.6 Å². The fourth-order valence-electron chi connectivity index (χ4n) is 5.41. The van der Waals surface area contributed by atoms with Crippen LogP contribution in [-0.4, -0.2) is 39.8 Å². The summed E-state index contributed by atoms with van der Waals surface area (Å²) >= 11 is 5.84. The predicted molar refractivity (Wildman–Crippen MR) is 130 cm³/mol. The van der Waals surface area contributed by atoms with Crippen LogP contribution in [0.2, 0.25) is 5.02 Å². The first-order chi connectivity index (χ1) is 17.3. The highest BCUT2D eigenvalue weighted by Gasteiger charge is 2.42. The molecule has 2 heterocycles. The maximum absolute atomic E-state index is 14.9. The zero-order chi connectivity index (χ0) is 27.1. The second-order valence-electron chi connectivity index (χ2n) is 10.0. The number of ether oxygens (including phenoxy) is 1. The monoisotopic (exact) mass is 543 g/mol. The van der Waals surface area contributed by atoms with E-state index in [-0.39, 0.29) is 5.56 Å². The Morgan fingerprint density at radius 1 is 1.19 bits per heavy atom. The summed E-state index contributed by atoms with van der Waals surface area (Å²) in [5.74, 6) is -2.29. The zero-order valence-electron chi connectivity index (χ0n) is 20.6. The van der Waals surface area contributed by atoms with Crippen molar-refractivity contribution in [3.63, 3.8) is 0 Å². The number of carbonyl (C=O) groups is 1. The molecule has 0 amide bonds. The number of aliphatic carboxylic acids is 1. The van der Waals surface area contributed by atoms with Gasteiger partial charge in [0.05, 0.1) is 22.6 Å². The van der Waals surface area contributed by atoms with Gasteiger partial charge in [-0.15, -0.1) is 0 Å². The number of hydrogen-bond acceptors (Lipinski definition) is 4. The second-order valence-corrected chi connectivity index (χ2v) is 10.5. The highest BCUT2D eigenvalue weighted by molar-refractivity contribution is 6.30. The largest absolute Gasteiger partial charge is 0.487 e. The van der Waals surface area contributed by atoms with E-state index in [1.165, 1.54) is 6.92 Å². The number of carboxylic acids is 1. The Hall–Kier alpha value is -2.36. The van der Waals surface area contributed by atoms with Crippen molar-refractivity contribution < 1.29 is 37.3 Å². The van der Waals surface area contributed by atoms with Crippen molar-refractivity contribution in [2.75, 3.05) is 13.1 Å². The molecule has 5 nitrogen and oxygen atoms in total. The van der Waals surface area contributed by atoms with Crippen LogP contribution >= 0.6 is 11.6 Å². The van der Waals surface area contributed by atoms with Gasteiger partial charge < -0.3 is 14.9 Å². The van der Waals surface area contributed by atoms with Crippen LogP contribution in [0, 0.1) is 11.7 Å². The minimum absolute atomic E-state index is 0.0561. The normalized spacial score (nSPS) is 20.1. The smallest absolute Gasteiger partial charge is 0.416 e. The van der Waals surface area contributed by atoms with E-state index in [0.717, 1.165) is 24.5 Å². The Labute approximate surface area is 218 Å². The lowest BCUT2D eigenvalue weighted by Gasteiger charge is -2.46. The van der Waals surface area contributed by atoms with Gasteiger partial charge in [-0.3, -0.25) is 9.69 Å². The molecule has 2 aromatic rings. The van der Waals surface area contributed by atoms with Gasteiger partial charge in [-0.2, -0.15) is 13.2 Å². The number of carboxylic acid groups (broad SMARTS) is 1. The molecular formula is C27H30ClF4NO4. The van der Waals surface area contributed by atoms with Crippen molar-refractivity contribution in [1.29, 1.82) is 0 Å². The summed E-state index contributed by atoms with van der Waals surface area (Å²) < 4.78 is 61.4. The summed E-state index contributed by atoms with van der Waals surface area (Å²) in [5, 5.41) is 19.1. The highest BCUT2D eigenvalue weighted by atomic mass is 35.5. The first-order valence-electron chi connectivity index (χ1n) is 12.4. The Kier molecular flexibility index (Phi) is 7.79. The molecule has 1 spiro atoms. The molecular weight excluding hydrogens is 514 g/mol. The van der Waals surface area contributed by atoms with Gasteiger partial charge in [0.15, 0.2) is 0 Å². The van der Waals surface area contributed by atoms with E-state index in [9.17, 15) is 32.6 Å². The third kappa shape index (κ3) is 5.59. The van der Waals surface area contributed by atoms with Crippen LogP contribution in [0.1, 0.15) is 73.9 Å². The molecule has 1 saturated heterocycles. The third-order valence-corrected chi connectivity index (χ3v) is 8.03. The average molecular weight is 544 g/mol. The molecule has 2 N–H and O–H groups in total. The van der Waals surface area contributed by atoms with Gasteiger partial charge in [0.25, 0.3) is 0 Å². The summed E-state index contributed by atoms with van der Waals surface area (Å²) in [6.07, 6.45) is -2.71. The lowest BCUT2D eigenvalue weighted by Crippen LogP contribution is -2.50. The minimum Gasteiger partial charge on any atom is -0.487 e. The number of hydrogen-bond donors (Lipinski definition) is 2. The van der Waals surface area contributed by atoms with Gasteiger partial charge in [0.1, 0.15) is 17.2 Å². The zero-order valence-corrected chi connectivity index (χ0v) is 21.4. The molecule has 2 aliphatic rings. The molecule has 0 radical (unpaired) electrons. The van der Waals surface area contributed by atoms with Crippen LogP contribution in [0.3, 0.4) is 0 Å². The Balaban J connectivity index is 1.51. The quantitative estimate of drug-likeness (QED) is 0.404. The molecule has 1 unspecified atom stereocenters. The third-order valence-electron chi connectivity index (χ3n) is 7.75.